The molecule has 0 unspecified atom stereocenters. The van der Waals surface area contributed by atoms with Crippen molar-refractivity contribution in [3.63, 3.8) is 0 Å². The minimum atomic E-state index is 0. The molecule has 104 valence electrons. The van der Waals surface area contributed by atoms with Gasteiger partial charge < -0.3 is 9.73 Å². The Labute approximate surface area is 128 Å². The molecule has 0 saturated carbocycles. The number of aryl methyl sites for hydroxylation is 2. The summed E-state index contributed by atoms with van der Waals surface area (Å²) < 4.78 is 6.90. The molecule has 1 N–H and O–H groups in total. The number of furan rings is 1. The molecule has 19 heavy (non-hydrogen) atoms. The lowest BCUT2D eigenvalue weighted by atomic mass is 9.89. The van der Waals surface area contributed by atoms with Crippen molar-refractivity contribution in [2.24, 2.45) is 0 Å². The van der Waals surface area contributed by atoms with Crippen LogP contribution in [0.15, 0.2) is 21.0 Å². The van der Waals surface area contributed by atoms with Crippen LogP contribution in [-0.4, -0.2) is 13.1 Å². The van der Waals surface area contributed by atoms with Crippen molar-refractivity contribution in [1.82, 2.24) is 5.32 Å². The average Bonchev–Trinajstić information content (AvgIpc) is 2.68. The van der Waals surface area contributed by atoms with Crippen molar-refractivity contribution < 1.29 is 4.42 Å². The third-order valence-corrected chi connectivity index (χ3v) is 4.65. The van der Waals surface area contributed by atoms with E-state index >= 15 is 0 Å². The lowest BCUT2D eigenvalue weighted by molar-refractivity contribution is 0.460. The maximum atomic E-state index is 5.81. The Morgan fingerprint density at radius 3 is 2.58 bits per heavy atom. The van der Waals surface area contributed by atoms with Gasteiger partial charge in [0.25, 0.3) is 0 Å². The van der Waals surface area contributed by atoms with Crippen LogP contribution in [0.1, 0.15) is 35.6 Å². The van der Waals surface area contributed by atoms with Gasteiger partial charge in [-0.2, -0.15) is 0 Å². The molecule has 0 bridgehead atoms. The van der Waals surface area contributed by atoms with Gasteiger partial charge in [-0.25, -0.2) is 0 Å². The van der Waals surface area contributed by atoms with E-state index in [9.17, 15) is 0 Å². The monoisotopic (exact) mass is 343 g/mol. The standard InChI is InChI=1S/C15H18BrNO.ClH/c1-9-10(2)18-15-13(9)7-12(8-14(15)16)11-3-5-17-6-4-11;/h7-8,11,17H,3-6H2,1-2H3;1H. The normalized spacial score (nSPS) is 16.6. The lowest BCUT2D eigenvalue weighted by Crippen LogP contribution is -2.26. The Balaban J connectivity index is 0.00000133. The van der Waals surface area contributed by atoms with Crippen LogP contribution in [0.3, 0.4) is 0 Å². The van der Waals surface area contributed by atoms with Gasteiger partial charge in [0.1, 0.15) is 11.3 Å². The molecule has 1 fully saturated rings. The highest BCUT2D eigenvalue weighted by Crippen LogP contribution is 2.36. The molecule has 2 heterocycles. The molecule has 2 nitrogen and oxygen atoms in total. The zero-order valence-electron chi connectivity index (χ0n) is 11.3. The van der Waals surface area contributed by atoms with Crippen molar-refractivity contribution in [3.8, 4) is 0 Å². The Morgan fingerprint density at radius 2 is 1.89 bits per heavy atom. The molecule has 0 aliphatic carbocycles. The maximum absolute atomic E-state index is 5.81. The second-order valence-electron chi connectivity index (χ2n) is 5.19. The van der Waals surface area contributed by atoms with E-state index in [4.69, 9.17) is 4.42 Å². The average molecular weight is 345 g/mol. The summed E-state index contributed by atoms with van der Waals surface area (Å²) in [7, 11) is 0. The van der Waals surface area contributed by atoms with Crippen molar-refractivity contribution in [2.45, 2.75) is 32.6 Å². The Kier molecular flexibility index (Phi) is 4.59. The quantitative estimate of drug-likeness (QED) is 0.811. The second-order valence-corrected chi connectivity index (χ2v) is 6.04. The molecule has 3 rings (SSSR count). The maximum Gasteiger partial charge on any atom is 0.148 e. The van der Waals surface area contributed by atoms with Crippen LogP contribution >= 0.6 is 28.3 Å². The van der Waals surface area contributed by atoms with E-state index in [1.54, 1.807) is 0 Å². The first-order valence-electron chi connectivity index (χ1n) is 6.56. The summed E-state index contributed by atoms with van der Waals surface area (Å²) in [5, 5.41) is 4.68. The van der Waals surface area contributed by atoms with Gasteiger partial charge in [-0.15, -0.1) is 12.4 Å². The zero-order valence-corrected chi connectivity index (χ0v) is 13.7. The molecule has 4 heteroatoms. The van der Waals surface area contributed by atoms with Crippen molar-refractivity contribution in [1.29, 1.82) is 0 Å². The van der Waals surface area contributed by atoms with Crippen LogP contribution in [0.25, 0.3) is 11.0 Å². The van der Waals surface area contributed by atoms with Gasteiger partial charge in [-0.3, -0.25) is 0 Å². The summed E-state index contributed by atoms with van der Waals surface area (Å²) in [5.74, 6) is 1.70. The number of hydrogen-bond acceptors (Lipinski definition) is 2. The zero-order chi connectivity index (χ0) is 12.7. The number of nitrogens with one attached hydrogen (secondary N) is 1. The number of piperidine rings is 1. The molecule has 0 radical (unpaired) electrons. The molecule has 1 saturated heterocycles. The Bertz CT molecular complexity index is 587. The fraction of sp³-hybridized carbons (Fsp3) is 0.467. The highest BCUT2D eigenvalue weighted by Gasteiger charge is 2.18. The summed E-state index contributed by atoms with van der Waals surface area (Å²) in [4.78, 5) is 0. The summed E-state index contributed by atoms with van der Waals surface area (Å²) in [6.45, 7) is 6.43. The van der Waals surface area contributed by atoms with Crippen LogP contribution in [-0.2, 0) is 0 Å². The van der Waals surface area contributed by atoms with Gasteiger partial charge in [0.05, 0.1) is 4.47 Å². The third-order valence-electron chi connectivity index (χ3n) is 4.06. The van der Waals surface area contributed by atoms with Crippen molar-refractivity contribution in [2.75, 3.05) is 13.1 Å². The van der Waals surface area contributed by atoms with Gasteiger partial charge in [0.2, 0.25) is 0 Å². The van der Waals surface area contributed by atoms with E-state index in [-0.39, 0.29) is 12.4 Å². The first-order valence-corrected chi connectivity index (χ1v) is 7.36. The molecule has 1 aliphatic rings. The summed E-state index contributed by atoms with van der Waals surface area (Å²) >= 11 is 3.65. The number of benzene rings is 1. The number of fused-ring (bicyclic) bond motifs is 1. The molecule has 2 aromatic rings. The fourth-order valence-electron chi connectivity index (χ4n) is 2.81. The van der Waals surface area contributed by atoms with Gasteiger partial charge in [0, 0.05) is 5.39 Å². The molecule has 1 aromatic carbocycles. The second kappa shape index (κ2) is 5.86. The predicted molar refractivity (Wildman–Crippen MR) is 85.5 cm³/mol. The van der Waals surface area contributed by atoms with Crippen molar-refractivity contribution >= 4 is 39.3 Å². The van der Waals surface area contributed by atoms with E-state index in [1.807, 2.05) is 6.92 Å². The minimum absolute atomic E-state index is 0. The Morgan fingerprint density at radius 1 is 1.21 bits per heavy atom. The van der Waals surface area contributed by atoms with Gasteiger partial charge in [-0.1, -0.05) is 0 Å². The highest BCUT2D eigenvalue weighted by molar-refractivity contribution is 9.10. The largest absolute Gasteiger partial charge is 0.460 e. The first-order chi connectivity index (χ1) is 8.66. The van der Waals surface area contributed by atoms with Gasteiger partial charge in [-0.05, 0) is 84.9 Å². The molecule has 0 spiro atoms. The molecule has 1 aromatic heterocycles. The van der Waals surface area contributed by atoms with Crippen LogP contribution in [0.2, 0.25) is 0 Å². The predicted octanol–water partition coefficient (Wildman–Crippen LogP) is 4.70. The Hall–Kier alpha value is -0.510. The molecule has 0 atom stereocenters. The number of rotatable bonds is 1. The first kappa shape index (κ1) is 14.9. The highest BCUT2D eigenvalue weighted by atomic mass is 79.9. The molecule has 1 aliphatic heterocycles. The molecule has 0 amide bonds. The van der Waals surface area contributed by atoms with Crippen molar-refractivity contribution in [3.05, 3.63) is 33.5 Å². The van der Waals surface area contributed by atoms with E-state index in [1.165, 1.54) is 29.4 Å². The van der Waals surface area contributed by atoms with Crippen LogP contribution in [0, 0.1) is 13.8 Å². The summed E-state index contributed by atoms with van der Waals surface area (Å²) in [6.07, 6.45) is 2.46. The van der Waals surface area contributed by atoms with Crippen LogP contribution in [0.5, 0.6) is 0 Å². The fourth-order valence-corrected chi connectivity index (χ4v) is 3.37. The molecular formula is C15H19BrClNO. The lowest BCUT2D eigenvalue weighted by Gasteiger charge is -2.23. The van der Waals surface area contributed by atoms with Gasteiger partial charge >= 0.3 is 0 Å². The van der Waals surface area contributed by atoms with E-state index in [0.29, 0.717) is 5.92 Å². The van der Waals surface area contributed by atoms with E-state index in [2.05, 4.69) is 40.3 Å². The number of hydrogen-bond donors (Lipinski definition) is 1. The van der Waals surface area contributed by atoms with Gasteiger partial charge in [0.15, 0.2) is 0 Å². The van der Waals surface area contributed by atoms with E-state index < -0.39 is 0 Å². The van der Waals surface area contributed by atoms with E-state index in [0.717, 1.165) is 28.9 Å². The molecular weight excluding hydrogens is 326 g/mol. The smallest absolute Gasteiger partial charge is 0.148 e. The number of halogens is 2. The summed E-state index contributed by atoms with van der Waals surface area (Å²) in [5.41, 5.74) is 3.70. The minimum Gasteiger partial charge on any atom is -0.460 e. The summed E-state index contributed by atoms with van der Waals surface area (Å²) in [6, 6.07) is 4.56. The van der Waals surface area contributed by atoms with Crippen LogP contribution in [0.4, 0.5) is 0 Å². The third kappa shape index (κ3) is 2.69. The topological polar surface area (TPSA) is 25.2 Å². The SMILES string of the molecule is Cc1oc2c(Br)cc(C3CCNCC3)cc2c1C.Cl. The van der Waals surface area contributed by atoms with Crippen LogP contribution < -0.4 is 5.32 Å².